The molecule has 0 bridgehead atoms. The van der Waals surface area contributed by atoms with Crippen LogP contribution in [-0.4, -0.2) is 36.3 Å². The maximum Gasteiger partial charge on any atom is 0.266 e. The zero-order valence-corrected chi connectivity index (χ0v) is 14.2. The van der Waals surface area contributed by atoms with Crippen molar-refractivity contribution in [2.45, 2.75) is 19.4 Å². The van der Waals surface area contributed by atoms with E-state index < -0.39 is 0 Å². The largest absolute Gasteiger partial charge is 0.497 e. The van der Waals surface area contributed by atoms with Gasteiger partial charge in [0.1, 0.15) is 5.75 Å². The highest BCUT2D eigenvalue weighted by Gasteiger charge is 2.26. The molecule has 1 amide bonds. The van der Waals surface area contributed by atoms with Crippen molar-refractivity contribution in [1.29, 1.82) is 0 Å². The van der Waals surface area contributed by atoms with Gasteiger partial charge < -0.3 is 15.0 Å². The van der Waals surface area contributed by atoms with E-state index in [1.54, 1.807) is 13.3 Å². The molecule has 132 valence electrons. The van der Waals surface area contributed by atoms with Gasteiger partial charge in [-0.2, -0.15) is 5.10 Å². The molecule has 3 rings (SSSR count). The smallest absolute Gasteiger partial charge is 0.266 e. The van der Waals surface area contributed by atoms with Crippen LogP contribution in [0.25, 0.3) is 0 Å². The maximum absolute atomic E-state index is 12.5. The topological polar surface area (TPSA) is 87.3 Å². The van der Waals surface area contributed by atoms with Crippen LogP contribution in [0.1, 0.15) is 18.4 Å². The van der Waals surface area contributed by atoms with Crippen LogP contribution in [0, 0.1) is 5.92 Å². The van der Waals surface area contributed by atoms with Gasteiger partial charge >= 0.3 is 0 Å². The average molecular weight is 342 g/mol. The number of anilines is 1. The number of piperidine rings is 1. The quantitative estimate of drug-likeness (QED) is 0.855. The van der Waals surface area contributed by atoms with Crippen molar-refractivity contribution in [3.63, 3.8) is 0 Å². The zero-order chi connectivity index (χ0) is 17.6. The molecule has 1 aromatic heterocycles. The number of amides is 1. The van der Waals surface area contributed by atoms with Crippen LogP contribution in [0.2, 0.25) is 0 Å². The van der Waals surface area contributed by atoms with Crippen LogP contribution in [0.5, 0.6) is 5.75 Å². The van der Waals surface area contributed by atoms with Crippen molar-refractivity contribution in [2.24, 2.45) is 5.92 Å². The second-order valence-electron chi connectivity index (χ2n) is 6.15. The molecule has 25 heavy (non-hydrogen) atoms. The van der Waals surface area contributed by atoms with Crippen LogP contribution >= 0.6 is 0 Å². The van der Waals surface area contributed by atoms with Gasteiger partial charge in [-0.15, -0.1) is 0 Å². The molecular weight excluding hydrogens is 320 g/mol. The summed E-state index contributed by atoms with van der Waals surface area (Å²) in [5.41, 5.74) is 1.56. The number of hydrogen-bond acceptors (Lipinski definition) is 5. The second-order valence-corrected chi connectivity index (χ2v) is 6.15. The Kier molecular flexibility index (Phi) is 5.33. The Labute approximate surface area is 146 Å². The van der Waals surface area contributed by atoms with E-state index >= 15 is 0 Å². The SMILES string of the molecule is COc1ccc(CNC(=O)[C@@H]2CCCN(c3cn[nH]c(=O)c3)C2)cc1. The van der Waals surface area contributed by atoms with Crippen molar-refractivity contribution in [3.8, 4) is 5.75 Å². The van der Waals surface area contributed by atoms with Gasteiger partial charge in [0.25, 0.3) is 5.56 Å². The standard InChI is InChI=1S/C18H22N4O3/c1-25-16-6-4-13(5-7-16)10-19-18(24)14-3-2-8-22(12-14)15-9-17(23)21-20-11-15/h4-7,9,11,14H,2-3,8,10,12H2,1H3,(H,19,24)(H,21,23)/t14-/m1/s1. The van der Waals surface area contributed by atoms with Crippen molar-refractivity contribution < 1.29 is 9.53 Å². The maximum atomic E-state index is 12.5. The van der Waals surface area contributed by atoms with Gasteiger partial charge in [-0.3, -0.25) is 9.59 Å². The fraction of sp³-hybridized carbons (Fsp3) is 0.389. The number of aromatic nitrogens is 2. The number of carbonyl (C=O) groups is 1. The lowest BCUT2D eigenvalue weighted by Crippen LogP contribution is -2.43. The third kappa shape index (κ3) is 4.37. The van der Waals surface area contributed by atoms with Crippen LogP contribution in [-0.2, 0) is 11.3 Å². The molecule has 2 aromatic rings. The number of ether oxygens (including phenoxy) is 1. The summed E-state index contributed by atoms with van der Waals surface area (Å²) in [6, 6.07) is 9.15. The number of nitrogens with zero attached hydrogens (tertiary/aromatic N) is 2. The van der Waals surface area contributed by atoms with Crippen LogP contribution < -0.4 is 20.5 Å². The molecule has 2 N–H and O–H groups in total. The molecule has 1 aliphatic heterocycles. The molecule has 2 heterocycles. The van der Waals surface area contributed by atoms with Crippen LogP contribution in [0.4, 0.5) is 5.69 Å². The summed E-state index contributed by atoms with van der Waals surface area (Å²) >= 11 is 0. The summed E-state index contributed by atoms with van der Waals surface area (Å²) < 4.78 is 5.13. The molecule has 0 unspecified atom stereocenters. The predicted molar refractivity (Wildman–Crippen MR) is 94.6 cm³/mol. The van der Waals surface area contributed by atoms with Gasteiger partial charge in [-0.1, -0.05) is 12.1 Å². The Hall–Kier alpha value is -2.83. The summed E-state index contributed by atoms with van der Waals surface area (Å²) in [6.45, 7) is 1.92. The van der Waals surface area contributed by atoms with Crippen LogP contribution in [0.15, 0.2) is 41.3 Å². The highest BCUT2D eigenvalue weighted by Crippen LogP contribution is 2.21. The highest BCUT2D eigenvalue weighted by molar-refractivity contribution is 5.79. The Balaban J connectivity index is 1.57. The number of rotatable bonds is 5. The van der Waals surface area contributed by atoms with E-state index in [1.807, 2.05) is 29.2 Å². The molecular formula is C18H22N4O3. The zero-order valence-electron chi connectivity index (χ0n) is 14.2. The van der Waals surface area contributed by atoms with Gasteiger partial charge in [-0.25, -0.2) is 5.10 Å². The second kappa shape index (κ2) is 7.83. The molecule has 1 fully saturated rings. The summed E-state index contributed by atoms with van der Waals surface area (Å²) in [7, 11) is 1.63. The first kappa shape index (κ1) is 17.0. The first-order chi connectivity index (χ1) is 12.2. The third-order valence-electron chi connectivity index (χ3n) is 4.43. The summed E-state index contributed by atoms with van der Waals surface area (Å²) in [6.07, 6.45) is 3.38. The monoisotopic (exact) mass is 342 g/mol. The normalized spacial score (nSPS) is 17.2. The van der Waals surface area contributed by atoms with E-state index in [0.29, 0.717) is 13.1 Å². The minimum absolute atomic E-state index is 0.0401. The molecule has 0 spiro atoms. The number of H-pyrrole nitrogens is 1. The van der Waals surface area contributed by atoms with E-state index in [-0.39, 0.29) is 17.4 Å². The lowest BCUT2D eigenvalue weighted by molar-refractivity contribution is -0.125. The predicted octanol–water partition coefficient (Wildman–Crippen LogP) is 1.31. The Morgan fingerprint density at radius 2 is 2.20 bits per heavy atom. The first-order valence-corrected chi connectivity index (χ1v) is 8.36. The van der Waals surface area contributed by atoms with Gasteiger partial charge in [0, 0.05) is 25.7 Å². The number of benzene rings is 1. The van der Waals surface area contributed by atoms with Crippen molar-refractivity contribution >= 4 is 11.6 Å². The number of methoxy groups -OCH3 is 1. The summed E-state index contributed by atoms with van der Waals surface area (Å²) in [5.74, 6) is 0.745. The first-order valence-electron chi connectivity index (χ1n) is 8.36. The average Bonchev–Trinajstić information content (AvgIpc) is 2.66. The molecule has 0 saturated carbocycles. The molecule has 1 aromatic carbocycles. The van der Waals surface area contributed by atoms with Crippen molar-refractivity contribution in [2.75, 3.05) is 25.1 Å². The van der Waals surface area contributed by atoms with Crippen LogP contribution in [0.3, 0.4) is 0 Å². The molecule has 7 heteroatoms. The van der Waals surface area contributed by atoms with Gasteiger partial charge in [0.2, 0.25) is 5.91 Å². The summed E-state index contributed by atoms with van der Waals surface area (Å²) in [5, 5.41) is 9.20. The van der Waals surface area contributed by atoms with E-state index in [1.165, 1.54) is 6.07 Å². The Morgan fingerprint density at radius 3 is 2.92 bits per heavy atom. The Morgan fingerprint density at radius 1 is 1.40 bits per heavy atom. The number of carbonyl (C=O) groups excluding carboxylic acids is 1. The minimum atomic E-state index is -0.233. The minimum Gasteiger partial charge on any atom is -0.497 e. The molecule has 0 radical (unpaired) electrons. The third-order valence-corrected chi connectivity index (χ3v) is 4.43. The fourth-order valence-electron chi connectivity index (χ4n) is 3.04. The van der Waals surface area contributed by atoms with Crippen molar-refractivity contribution in [3.05, 3.63) is 52.4 Å². The number of nitrogens with one attached hydrogen (secondary N) is 2. The van der Waals surface area contributed by atoms with Gasteiger partial charge in [-0.05, 0) is 30.5 Å². The Bertz CT molecular complexity index is 772. The van der Waals surface area contributed by atoms with E-state index in [4.69, 9.17) is 4.74 Å². The van der Waals surface area contributed by atoms with Gasteiger partial charge in [0.05, 0.1) is 24.9 Å². The van der Waals surface area contributed by atoms with E-state index in [0.717, 1.165) is 36.4 Å². The molecule has 1 atom stereocenters. The molecule has 1 saturated heterocycles. The molecule has 1 aliphatic rings. The van der Waals surface area contributed by atoms with Crippen molar-refractivity contribution in [1.82, 2.24) is 15.5 Å². The number of aromatic amines is 1. The van der Waals surface area contributed by atoms with E-state index in [2.05, 4.69) is 15.5 Å². The molecule has 7 nitrogen and oxygen atoms in total. The lowest BCUT2D eigenvalue weighted by atomic mass is 9.96. The highest BCUT2D eigenvalue weighted by atomic mass is 16.5. The lowest BCUT2D eigenvalue weighted by Gasteiger charge is -2.33. The summed E-state index contributed by atoms with van der Waals surface area (Å²) in [4.78, 5) is 26.0. The number of hydrogen-bond donors (Lipinski definition) is 2. The van der Waals surface area contributed by atoms with Gasteiger partial charge in [0.15, 0.2) is 0 Å². The van der Waals surface area contributed by atoms with E-state index in [9.17, 15) is 9.59 Å². The fourth-order valence-corrected chi connectivity index (χ4v) is 3.04. The molecule has 0 aliphatic carbocycles.